The zero-order valence-corrected chi connectivity index (χ0v) is 10.9. The number of hydrogen-bond acceptors (Lipinski definition) is 2. The Balaban J connectivity index is 2.83. The smallest absolute Gasteiger partial charge is 0.411 e. The van der Waals surface area contributed by atoms with E-state index in [0.717, 1.165) is 36.1 Å². The van der Waals surface area contributed by atoms with Gasteiger partial charge in [-0.25, -0.2) is 4.79 Å². The zero-order valence-electron chi connectivity index (χ0n) is 10.9. The first kappa shape index (κ1) is 13.6. The SMILES string of the molecule is CCCOC(=O)Nc1c(CC)cccc1CC. The van der Waals surface area contributed by atoms with Gasteiger partial charge in [-0.05, 0) is 30.4 Å². The quantitative estimate of drug-likeness (QED) is 0.843. The minimum atomic E-state index is -0.359. The van der Waals surface area contributed by atoms with Crippen LogP contribution in [0.25, 0.3) is 0 Å². The lowest BCUT2D eigenvalue weighted by Crippen LogP contribution is -2.16. The Morgan fingerprint density at radius 1 is 1.18 bits per heavy atom. The molecule has 0 fully saturated rings. The predicted octanol–water partition coefficient (Wildman–Crippen LogP) is 3.77. The molecule has 0 bridgehead atoms. The molecule has 0 spiro atoms. The summed E-state index contributed by atoms with van der Waals surface area (Å²) in [5.74, 6) is 0. The van der Waals surface area contributed by atoms with Crippen LogP contribution in [0.2, 0.25) is 0 Å². The molecule has 94 valence electrons. The number of carbonyl (C=O) groups excluding carboxylic acids is 1. The summed E-state index contributed by atoms with van der Waals surface area (Å²) in [6, 6.07) is 6.10. The van der Waals surface area contributed by atoms with Gasteiger partial charge < -0.3 is 4.74 Å². The molecule has 0 saturated carbocycles. The molecule has 1 N–H and O–H groups in total. The lowest BCUT2D eigenvalue weighted by molar-refractivity contribution is 0.161. The van der Waals surface area contributed by atoms with E-state index in [1.807, 2.05) is 25.1 Å². The molecule has 1 amide bonds. The number of nitrogens with one attached hydrogen (secondary N) is 1. The number of hydrogen-bond donors (Lipinski definition) is 1. The van der Waals surface area contributed by atoms with Crippen molar-refractivity contribution >= 4 is 11.8 Å². The molecule has 17 heavy (non-hydrogen) atoms. The van der Waals surface area contributed by atoms with Gasteiger partial charge in [0.05, 0.1) is 12.3 Å². The fourth-order valence-corrected chi connectivity index (χ4v) is 1.74. The fourth-order valence-electron chi connectivity index (χ4n) is 1.74. The summed E-state index contributed by atoms with van der Waals surface area (Å²) in [6.07, 6.45) is 2.28. The van der Waals surface area contributed by atoms with Gasteiger partial charge in [0.1, 0.15) is 0 Å². The van der Waals surface area contributed by atoms with Crippen LogP contribution in [0.4, 0.5) is 10.5 Å². The van der Waals surface area contributed by atoms with Crippen LogP contribution in [0, 0.1) is 0 Å². The first-order chi connectivity index (χ1) is 8.22. The minimum absolute atomic E-state index is 0.359. The molecule has 1 rings (SSSR count). The highest BCUT2D eigenvalue weighted by molar-refractivity contribution is 5.87. The maximum Gasteiger partial charge on any atom is 0.411 e. The average molecular weight is 235 g/mol. The summed E-state index contributed by atoms with van der Waals surface area (Å²) >= 11 is 0. The van der Waals surface area contributed by atoms with E-state index >= 15 is 0 Å². The lowest BCUT2D eigenvalue weighted by atomic mass is 10.0. The molecule has 0 atom stereocenters. The Labute approximate surface area is 103 Å². The van der Waals surface area contributed by atoms with E-state index in [-0.39, 0.29) is 6.09 Å². The molecule has 0 aliphatic carbocycles. The van der Waals surface area contributed by atoms with E-state index in [1.165, 1.54) is 0 Å². The van der Waals surface area contributed by atoms with E-state index < -0.39 is 0 Å². The predicted molar refractivity (Wildman–Crippen MR) is 70.5 cm³/mol. The van der Waals surface area contributed by atoms with E-state index in [4.69, 9.17) is 4.74 Å². The van der Waals surface area contributed by atoms with Crippen molar-refractivity contribution in [3.8, 4) is 0 Å². The Bertz CT molecular complexity index is 352. The highest BCUT2D eigenvalue weighted by Crippen LogP contribution is 2.22. The van der Waals surface area contributed by atoms with Crippen molar-refractivity contribution in [3.63, 3.8) is 0 Å². The number of anilines is 1. The van der Waals surface area contributed by atoms with Crippen LogP contribution in [0.5, 0.6) is 0 Å². The largest absolute Gasteiger partial charge is 0.449 e. The second-order valence-electron chi connectivity index (χ2n) is 3.92. The maximum atomic E-state index is 11.6. The normalized spacial score (nSPS) is 10.1. The summed E-state index contributed by atoms with van der Waals surface area (Å²) < 4.78 is 5.04. The molecule has 0 aromatic heterocycles. The third-order valence-electron chi connectivity index (χ3n) is 2.66. The molecule has 0 aliphatic heterocycles. The summed E-state index contributed by atoms with van der Waals surface area (Å²) in [5.41, 5.74) is 3.22. The molecule has 3 heteroatoms. The van der Waals surface area contributed by atoms with Gasteiger partial charge in [-0.3, -0.25) is 5.32 Å². The van der Waals surface area contributed by atoms with Gasteiger partial charge in [-0.1, -0.05) is 39.0 Å². The summed E-state index contributed by atoms with van der Waals surface area (Å²) in [6.45, 7) is 6.60. The average Bonchev–Trinajstić information content (AvgIpc) is 2.36. The van der Waals surface area contributed by atoms with Crippen molar-refractivity contribution in [2.45, 2.75) is 40.0 Å². The first-order valence-electron chi connectivity index (χ1n) is 6.27. The van der Waals surface area contributed by atoms with Crippen LogP contribution in [0.3, 0.4) is 0 Å². The van der Waals surface area contributed by atoms with Crippen LogP contribution < -0.4 is 5.32 Å². The molecule has 0 unspecified atom stereocenters. The molecule has 0 radical (unpaired) electrons. The lowest BCUT2D eigenvalue weighted by Gasteiger charge is -2.14. The third kappa shape index (κ3) is 3.77. The van der Waals surface area contributed by atoms with E-state index in [0.29, 0.717) is 6.61 Å². The molecule has 1 aromatic carbocycles. The van der Waals surface area contributed by atoms with Gasteiger partial charge in [-0.2, -0.15) is 0 Å². The number of amides is 1. The summed E-state index contributed by atoms with van der Waals surface area (Å²) in [7, 11) is 0. The second kappa shape index (κ2) is 6.94. The number of rotatable bonds is 5. The number of carbonyl (C=O) groups is 1. The molecule has 3 nitrogen and oxygen atoms in total. The highest BCUT2D eigenvalue weighted by atomic mass is 16.5. The van der Waals surface area contributed by atoms with Crippen LogP contribution in [-0.4, -0.2) is 12.7 Å². The van der Waals surface area contributed by atoms with Gasteiger partial charge in [0, 0.05) is 0 Å². The number of aryl methyl sites for hydroxylation is 2. The van der Waals surface area contributed by atoms with Crippen molar-refractivity contribution in [2.24, 2.45) is 0 Å². The summed E-state index contributed by atoms with van der Waals surface area (Å²) in [5, 5.41) is 2.85. The molecule has 0 saturated heterocycles. The van der Waals surface area contributed by atoms with E-state index in [9.17, 15) is 4.79 Å². The Hall–Kier alpha value is -1.51. The highest BCUT2D eigenvalue weighted by Gasteiger charge is 2.10. The molecule has 0 heterocycles. The van der Waals surface area contributed by atoms with Crippen molar-refractivity contribution in [3.05, 3.63) is 29.3 Å². The molecule has 0 aliphatic rings. The van der Waals surface area contributed by atoms with Gasteiger partial charge in [0.2, 0.25) is 0 Å². The third-order valence-corrected chi connectivity index (χ3v) is 2.66. The number of ether oxygens (including phenoxy) is 1. The summed E-state index contributed by atoms with van der Waals surface area (Å²) in [4.78, 5) is 11.6. The minimum Gasteiger partial charge on any atom is -0.449 e. The van der Waals surface area contributed by atoms with E-state index in [2.05, 4.69) is 19.2 Å². The standard InChI is InChI=1S/C14H21NO2/c1-4-10-17-14(16)15-13-11(5-2)8-7-9-12(13)6-3/h7-9H,4-6,10H2,1-3H3,(H,15,16). The number of para-hydroxylation sites is 1. The number of benzene rings is 1. The topological polar surface area (TPSA) is 38.3 Å². The van der Waals surface area contributed by atoms with Crippen LogP contribution in [0.15, 0.2) is 18.2 Å². The first-order valence-corrected chi connectivity index (χ1v) is 6.27. The second-order valence-corrected chi connectivity index (χ2v) is 3.92. The van der Waals surface area contributed by atoms with Gasteiger partial charge in [-0.15, -0.1) is 0 Å². The Morgan fingerprint density at radius 2 is 1.76 bits per heavy atom. The van der Waals surface area contributed by atoms with Gasteiger partial charge in [0.15, 0.2) is 0 Å². The van der Waals surface area contributed by atoms with Crippen molar-refractivity contribution in [2.75, 3.05) is 11.9 Å². The Morgan fingerprint density at radius 3 is 2.24 bits per heavy atom. The maximum absolute atomic E-state index is 11.6. The molecular weight excluding hydrogens is 214 g/mol. The fraction of sp³-hybridized carbons (Fsp3) is 0.500. The van der Waals surface area contributed by atoms with E-state index in [1.54, 1.807) is 0 Å². The molecular formula is C14H21NO2. The van der Waals surface area contributed by atoms with Crippen molar-refractivity contribution in [1.29, 1.82) is 0 Å². The zero-order chi connectivity index (χ0) is 12.7. The monoisotopic (exact) mass is 235 g/mol. The van der Waals surface area contributed by atoms with Crippen LogP contribution >= 0.6 is 0 Å². The van der Waals surface area contributed by atoms with Crippen molar-refractivity contribution in [1.82, 2.24) is 0 Å². The van der Waals surface area contributed by atoms with Crippen LogP contribution in [0.1, 0.15) is 38.3 Å². The Kier molecular flexibility index (Phi) is 5.53. The molecule has 1 aromatic rings. The van der Waals surface area contributed by atoms with Crippen LogP contribution in [-0.2, 0) is 17.6 Å². The van der Waals surface area contributed by atoms with Crippen molar-refractivity contribution < 1.29 is 9.53 Å². The van der Waals surface area contributed by atoms with Gasteiger partial charge in [0.25, 0.3) is 0 Å². The van der Waals surface area contributed by atoms with Gasteiger partial charge >= 0.3 is 6.09 Å².